The minimum Gasteiger partial charge on any atom is -0.353 e. The number of nitrogens with zero attached hydrogens (tertiary/aromatic N) is 2. The quantitative estimate of drug-likeness (QED) is 0.760. The maximum Gasteiger partial charge on any atom is 0.243 e. The second kappa shape index (κ2) is 8.63. The highest BCUT2D eigenvalue weighted by atomic mass is 32.2. The average molecular weight is 438 g/mol. The van der Waals surface area contributed by atoms with Crippen LogP contribution in [-0.4, -0.2) is 61.7 Å². The smallest absolute Gasteiger partial charge is 0.243 e. The number of halogens is 1. The Morgan fingerprint density at radius 1 is 0.867 bits per heavy atom. The van der Waals surface area contributed by atoms with Gasteiger partial charge in [-0.05, 0) is 62.8 Å². The highest BCUT2D eigenvalue weighted by Crippen LogP contribution is 2.30. The van der Waals surface area contributed by atoms with Crippen LogP contribution in [0.3, 0.4) is 0 Å². The zero-order valence-electron chi connectivity index (χ0n) is 16.9. The number of benzene rings is 1. The van der Waals surface area contributed by atoms with Crippen molar-refractivity contribution in [2.24, 2.45) is 11.8 Å². The Balaban J connectivity index is 1.26. The summed E-state index contributed by atoms with van der Waals surface area (Å²) in [5.41, 5.74) is 0. The summed E-state index contributed by atoms with van der Waals surface area (Å²) in [5, 5.41) is 3.09. The van der Waals surface area contributed by atoms with Crippen LogP contribution in [0.4, 0.5) is 4.39 Å². The Morgan fingerprint density at radius 2 is 1.47 bits per heavy atom. The zero-order chi connectivity index (χ0) is 21.3. The van der Waals surface area contributed by atoms with Crippen LogP contribution in [0.5, 0.6) is 0 Å². The van der Waals surface area contributed by atoms with Crippen molar-refractivity contribution in [1.29, 1.82) is 0 Å². The van der Waals surface area contributed by atoms with E-state index < -0.39 is 15.8 Å². The molecule has 2 aliphatic heterocycles. The summed E-state index contributed by atoms with van der Waals surface area (Å²) >= 11 is 0. The van der Waals surface area contributed by atoms with Gasteiger partial charge in [-0.15, -0.1) is 0 Å². The number of rotatable bonds is 5. The molecule has 3 fully saturated rings. The summed E-state index contributed by atoms with van der Waals surface area (Å²) in [6.07, 6.45) is 4.47. The van der Waals surface area contributed by atoms with Crippen LogP contribution in [-0.2, 0) is 19.6 Å². The molecule has 2 saturated heterocycles. The molecule has 1 aromatic carbocycles. The third kappa shape index (κ3) is 4.67. The molecule has 1 aliphatic carbocycles. The van der Waals surface area contributed by atoms with Gasteiger partial charge in [-0.2, -0.15) is 4.31 Å². The molecule has 164 valence electrons. The van der Waals surface area contributed by atoms with Gasteiger partial charge in [0.05, 0.1) is 4.90 Å². The molecule has 9 heteroatoms. The van der Waals surface area contributed by atoms with E-state index in [1.165, 1.54) is 16.4 Å². The van der Waals surface area contributed by atoms with Crippen molar-refractivity contribution in [2.45, 2.75) is 49.5 Å². The first-order valence-corrected chi connectivity index (χ1v) is 12.1. The van der Waals surface area contributed by atoms with E-state index in [0.29, 0.717) is 25.9 Å². The van der Waals surface area contributed by atoms with Crippen molar-refractivity contribution in [3.8, 4) is 0 Å². The van der Waals surface area contributed by atoms with E-state index in [0.717, 1.165) is 37.8 Å². The number of piperidine rings is 2. The van der Waals surface area contributed by atoms with Crippen LogP contribution in [0.1, 0.15) is 38.5 Å². The van der Waals surface area contributed by atoms with Gasteiger partial charge in [0.15, 0.2) is 0 Å². The van der Waals surface area contributed by atoms with Crippen molar-refractivity contribution in [2.75, 3.05) is 26.2 Å². The minimum absolute atomic E-state index is 0.0731. The summed E-state index contributed by atoms with van der Waals surface area (Å²) in [4.78, 5) is 26.7. The summed E-state index contributed by atoms with van der Waals surface area (Å²) in [7, 11) is -3.67. The fourth-order valence-electron chi connectivity index (χ4n) is 4.27. The van der Waals surface area contributed by atoms with Gasteiger partial charge in [0.2, 0.25) is 21.8 Å². The molecular formula is C21H28FN3O4S. The topological polar surface area (TPSA) is 86.8 Å². The summed E-state index contributed by atoms with van der Waals surface area (Å²) in [6.45, 7) is 1.82. The number of hydrogen-bond donors (Lipinski definition) is 1. The molecular weight excluding hydrogens is 409 g/mol. The average Bonchev–Trinajstić information content (AvgIpc) is 3.60. The molecule has 1 N–H and O–H groups in total. The van der Waals surface area contributed by atoms with Gasteiger partial charge in [-0.1, -0.05) is 0 Å². The van der Waals surface area contributed by atoms with Crippen LogP contribution in [0, 0.1) is 17.7 Å². The molecule has 0 spiro atoms. The van der Waals surface area contributed by atoms with E-state index in [4.69, 9.17) is 0 Å². The number of likely N-dealkylation sites (tertiary alicyclic amines) is 1. The van der Waals surface area contributed by atoms with Crippen molar-refractivity contribution >= 4 is 21.8 Å². The molecule has 2 heterocycles. The van der Waals surface area contributed by atoms with Gasteiger partial charge in [0, 0.05) is 44.1 Å². The second-order valence-corrected chi connectivity index (χ2v) is 10.5. The zero-order valence-corrected chi connectivity index (χ0v) is 17.7. The predicted octanol–water partition coefficient (Wildman–Crippen LogP) is 1.74. The largest absolute Gasteiger partial charge is 0.353 e. The summed E-state index contributed by atoms with van der Waals surface area (Å²) in [6, 6.07) is 4.96. The molecule has 0 atom stereocenters. The number of hydrogen-bond acceptors (Lipinski definition) is 4. The molecule has 30 heavy (non-hydrogen) atoms. The Hall–Kier alpha value is -2.00. The van der Waals surface area contributed by atoms with E-state index in [2.05, 4.69) is 5.32 Å². The number of nitrogens with one attached hydrogen (secondary N) is 1. The molecule has 0 radical (unpaired) electrons. The summed E-state index contributed by atoms with van der Waals surface area (Å²) in [5.74, 6) is -0.229. The predicted molar refractivity (Wildman–Crippen MR) is 108 cm³/mol. The lowest BCUT2D eigenvalue weighted by Gasteiger charge is -2.37. The fourth-order valence-corrected chi connectivity index (χ4v) is 5.74. The Kier molecular flexibility index (Phi) is 6.11. The van der Waals surface area contributed by atoms with Gasteiger partial charge in [-0.3, -0.25) is 9.59 Å². The first-order chi connectivity index (χ1) is 14.3. The van der Waals surface area contributed by atoms with E-state index in [1.807, 2.05) is 4.90 Å². The highest BCUT2D eigenvalue weighted by Gasteiger charge is 2.36. The third-order valence-corrected chi connectivity index (χ3v) is 8.27. The van der Waals surface area contributed by atoms with Gasteiger partial charge >= 0.3 is 0 Å². The molecule has 7 nitrogen and oxygen atoms in total. The number of carbonyl (C=O) groups is 2. The molecule has 2 amide bonds. The van der Waals surface area contributed by atoms with Crippen molar-refractivity contribution < 1.29 is 22.4 Å². The Bertz CT molecular complexity index is 885. The lowest BCUT2D eigenvalue weighted by molar-refractivity contribution is -0.138. The van der Waals surface area contributed by atoms with Crippen LogP contribution in [0.25, 0.3) is 0 Å². The van der Waals surface area contributed by atoms with Crippen LogP contribution in [0.2, 0.25) is 0 Å². The minimum atomic E-state index is -3.67. The normalized spacial score (nSPS) is 22.1. The number of sulfonamides is 1. The first-order valence-electron chi connectivity index (χ1n) is 10.7. The Labute approximate surface area is 176 Å². The van der Waals surface area contributed by atoms with Crippen molar-refractivity contribution in [3.05, 3.63) is 30.1 Å². The van der Waals surface area contributed by atoms with E-state index in [9.17, 15) is 22.4 Å². The lowest BCUT2D eigenvalue weighted by atomic mass is 9.95. The number of carbonyl (C=O) groups excluding carboxylic acids is 2. The van der Waals surface area contributed by atoms with E-state index in [-0.39, 0.29) is 47.7 Å². The van der Waals surface area contributed by atoms with E-state index in [1.54, 1.807) is 0 Å². The van der Waals surface area contributed by atoms with Gasteiger partial charge < -0.3 is 10.2 Å². The SMILES string of the molecule is O=C(NC1CCN(C(=O)C2CCN(S(=O)(=O)c3ccc(F)cc3)CC2)CC1)C1CC1. The van der Waals surface area contributed by atoms with Crippen molar-refractivity contribution in [3.63, 3.8) is 0 Å². The third-order valence-electron chi connectivity index (χ3n) is 6.36. The maximum absolute atomic E-state index is 13.1. The second-order valence-electron chi connectivity index (χ2n) is 8.51. The first kappa shape index (κ1) is 21.2. The molecule has 1 saturated carbocycles. The van der Waals surface area contributed by atoms with Crippen molar-refractivity contribution in [1.82, 2.24) is 14.5 Å². The van der Waals surface area contributed by atoms with Crippen LogP contribution >= 0.6 is 0 Å². The fraction of sp³-hybridized carbons (Fsp3) is 0.619. The maximum atomic E-state index is 13.1. The monoisotopic (exact) mass is 437 g/mol. The molecule has 1 aromatic rings. The Morgan fingerprint density at radius 3 is 2.03 bits per heavy atom. The van der Waals surface area contributed by atoms with Crippen LogP contribution in [0.15, 0.2) is 29.2 Å². The standard InChI is InChI=1S/C21H28FN3O4S/c22-17-3-5-19(6-4-17)30(28,29)25-13-7-16(8-14-25)21(27)24-11-9-18(10-12-24)23-20(26)15-1-2-15/h3-6,15-16,18H,1-2,7-14H2,(H,23,26). The number of amides is 2. The summed E-state index contributed by atoms with van der Waals surface area (Å²) < 4.78 is 39.9. The molecule has 0 unspecified atom stereocenters. The van der Waals surface area contributed by atoms with Gasteiger partial charge in [-0.25, -0.2) is 12.8 Å². The highest BCUT2D eigenvalue weighted by molar-refractivity contribution is 7.89. The van der Waals surface area contributed by atoms with Gasteiger partial charge in [0.1, 0.15) is 5.82 Å². The molecule has 0 bridgehead atoms. The molecule has 3 aliphatic rings. The lowest BCUT2D eigenvalue weighted by Crippen LogP contribution is -2.50. The molecule has 0 aromatic heterocycles. The molecule has 4 rings (SSSR count). The van der Waals surface area contributed by atoms with Crippen LogP contribution < -0.4 is 5.32 Å². The van der Waals surface area contributed by atoms with Gasteiger partial charge in [0.25, 0.3) is 0 Å². The van der Waals surface area contributed by atoms with E-state index >= 15 is 0 Å².